The average Bonchev–Trinajstić information content (AvgIpc) is 1.99. The minimum absolute atomic E-state index is 0.154. The van der Waals surface area contributed by atoms with Crippen LogP contribution >= 0.6 is 0 Å². The third-order valence-corrected chi connectivity index (χ3v) is 2.16. The van der Waals surface area contributed by atoms with Crippen molar-refractivity contribution in [2.75, 3.05) is 0 Å². The van der Waals surface area contributed by atoms with E-state index in [1.54, 1.807) is 19.1 Å². The van der Waals surface area contributed by atoms with Crippen LogP contribution in [0.1, 0.15) is 11.1 Å². The Bertz CT molecular complexity index is 552. The number of hydrogen-bond acceptors (Lipinski definition) is 3. The van der Waals surface area contributed by atoms with Crippen LogP contribution in [0.5, 0.6) is 5.75 Å². The zero-order valence-corrected chi connectivity index (χ0v) is 8.00. The van der Waals surface area contributed by atoms with Gasteiger partial charge in [0.15, 0.2) is 0 Å². The summed E-state index contributed by atoms with van der Waals surface area (Å²) < 4.78 is 4.99. The molecule has 0 fully saturated rings. The minimum atomic E-state index is -0.389. The third kappa shape index (κ3) is 1.27. The summed E-state index contributed by atoms with van der Waals surface area (Å²) in [6.07, 6.45) is 0. The molecule has 0 radical (unpaired) electrons. The molecule has 0 saturated carbocycles. The van der Waals surface area contributed by atoms with E-state index in [1.165, 1.54) is 6.07 Å². The molecule has 72 valence electrons. The monoisotopic (exact) mass is 190 g/mol. The Kier molecular flexibility index (Phi) is 1.81. The fourth-order valence-electron chi connectivity index (χ4n) is 1.60. The van der Waals surface area contributed by atoms with E-state index >= 15 is 0 Å². The number of fused-ring (bicyclic) bond motifs is 1. The maximum absolute atomic E-state index is 11.1. The first-order valence-electron chi connectivity index (χ1n) is 4.32. The molecule has 0 aliphatic rings. The number of aromatic hydroxyl groups is 1. The van der Waals surface area contributed by atoms with Gasteiger partial charge in [0, 0.05) is 6.07 Å². The maximum atomic E-state index is 11.1. The SMILES string of the molecule is Cc1cc(O)c2c(C)cc(=O)oc2c1. The van der Waals surface area contributed by atoms with Crippen LogP contribution in [0.25, 0.3) is 11.0 Å². The second-order valence-corrected chi connectivity index (χ2v) is 3.41. The quantitative estimate of drug-likeness (QED) is 0.647. The van der Waals surface area contributed by atoms with Crippen molar-refractivity contribution < 1.29 is 9.52 Å². The summed E-state index contributed by atoms with van der Waals surface area (Å²) >= 11 is 0. The Balaban J connectivity index is 3.01. The maximum Gasteiger partial charge on any atom is 0.336 e. The number of phenolic OH excluding ortho intramolecular Hbond substituents is 1. The van der Waals surface area contributed by atoms with Crippen molar-refractivity contribution in [2.45, 2.75) is 13.8 Å². The summed E-state index contributed by atoms with van der Waals surface area (Å²) in [6, 6.07) is 4.76. The van der Waals surface area contributed by atoms with Gasteiger partial charge in [0.25, 0.3) is 0 Å². The highest BCUT2D eigenvalue weighted by Crippen LogP contribution is 2.27. The Morgan fingerprint density at radius 2 is 1.93 bits per heavy atom. The number of benzene rings is 1. The number of phenols is 1. The highest BCUT2D eigenvalue weighted by molar-refractivity contribution is 5.86. The van der Waals surface area contributed by atoms with Crippen LogP contribution in [-0.2, 0) is 0 Å². The van der Waals surface area contributed by atoms with E-state index < -0.39 is 0 Å². The van der Waals surface area contributed by atoms with Crippen LogP contribution in [0.4, 0.5) is 0 Å². The Morgan fingerprint density at radius 3 is 2.64 bits per heavy atom. The fraction of sp³-hybridized carbons (Fsp3) is 0.182. The molecule has 3 nitrogen and oxygen atoms in total. The van der Waals surface area contributed by atoms with Crippen LogP contribution in [0, 0.1) is 13.8 Å². The number of aryl methyl sites for hydroxylation is 2. The van der Waals surface area contributed by atoms with E-state index in [4.69, 9.17) is 4.42 Å². The molecular weight excluding hydrogens is 180 g/mol. The van der Waals surface area contributed by atoms with Gasteiger partial charge < -0.3 is 9.52 Å². The molecule has 2 aromatic rings. The van der Waals surface area contributed by atoms with Crippen LogP contribution in [0.15, 0.2) is 27.4 Å². The van der Waals surface area contributed by atoms with Crippen molar-refractivity contribution in [3.05, 3.63) is 39.7 Å². The molecule has 1 aromatic heterocycles. The van der Waals surface area contributed by atoms with E-state index in [-0.39, 0.29) is 11.4 Å². The van der Waals surface area contributed by atoms with Crippen LogP contribution in [-0.4, -0.2) is 5.11 Å². The highest BCUT2D eigenvalue weighted by Gasteiger charge is 2.07. The summed E-state index contributed by atoms with van der Waals surface area (Å²) in [5, 5.41) is 10.3. The second kappa shape index (κ2) is 2.87. The smallest absolute Gasteiger partial charge is 0.336 e. The van der Waals surface area contributed by atoms with E-state index in [9.17, 15) is 9.90 Å². The standard InChI is InChI=1S/C11H10O3/c1-6-3-8(12)11-7(2)5-10(13)14-9(11)4-6/h3-5,12H,1-2H3. The molecule has 1 heterocycles. The Morgan fingerprint density at radius 1 is 1.21 bits per heavy atom. The molecule has 2 rings (SSSR count). The lowest BCUT2D eigenvalue weighted by molar-refractivity contribution is 0.478. The van der Waals surface area contributed by atoms with Gasteiger partial charge in [0.05, 0.1) is 5.39 Å². The molecule has 0 amide bonds. The van der Waals surface area contributed by atoms with Gasteiger partial charge in [-0.3, -0.25) is 0 Å². The predicted octanol–water partition coefficient (Wildman–Crippen LogP) is 2.12. The predicted molar refractivity (Wildman–Crippen MR) is 53.6 cm³/mol. The van der Waals surface area contributed by atoms with Gasteiger partial charge in [-0.1, -0.05) is 0 Å². The van der Waals surface area contributed by atoms with Gasteiger partial charge in [-0.2, -0.15) is 0 Å². The van der Waals surface area contributed by atoms with Crippen molar-refractivity contribution >= 4 is 11.0 Å². The summed E-state index contributed by atoms with van der Waals surface area (Å²) in [6.45, 7) is 3.61. The molecule has 0 atom stereocenters. The number of rotatable bonds is 0. The largest absolute Gasteiger partial charge is 0.507 e. The second-order valence-electron chi connectivity index (χ2n) is 3.41. The van der Waals surface area contributed by atoms with Gasteiger partial charge >= 0.3 is 5.63 Å². The first-order valence-corrected chi connectivity index (χ1v) is 4.32. The summed E-state index contributed by atoms with van der Waals surface area (Å²) in [4.78, 5) is 11.1. The first kappa shape index (κ1) is 8.81. The van der Waals surface area contributed by atoms with Gasteiger partial charge in [-0.25, -0.2) is 4.79 Å². The molecule has 14 heavy (non-hydrogen) atoms. The summed E-state index contributed by atoms with van der Waals surface area (Å²) in [5.41, 5.74) is 1.64. The minimum Gasteiger partial charge on any atom is -0.507 e. The van der Waals surface area contributed by atoms with E-state index in [1.807, 2.05) is 6.92 Å². The lowest BCUT2D eigenvalue weighted by Crippen LogP contribution is -1.98. The van der Waals surface area contributed by atoms with Crippen molar-refractivity contribution in [1.82, 2.24) is 0 Å². The molecule has 1 aromatic carbocycles. The van der Waals surface area contributed by atoms with Crippen molar-refractivity contribution in [2.24, 2.45) is 0 Å². The lowest BCUT2D eigenvalue weighted by Gasteiger charge is -2.03. The van der Waals surface area contributed by atoms with Crippen molar-refractivity contribution in [3.8, 4) is 5.75 Å². The summed E-state index contributed by atoms with van der Waals surface area (Å²) in [5.74, 6) is 0.154. The molecule has 3 heteroatoms. The molecule has 0 spiro atoms. The Hall–Kier alpha value is -1.77. The molecular formula is C11H10O3. The first-order chi connectivity index (χ1) is 6.58. The highest BCUT2D eigenvalue weighted by atomic mass is 16.4. The van der Waals surface area contributed by atoms with Crippen LogP contribution in [0.3, 0.4) is 0 Å². The van der Waals surface area contributed by atoms with Gasteiger partial charge in [-0.15, -0.1) is 0 Å². The topological polar surface area (TPSA) is 50.4 Å². The van der Waals surface area contributed by atoms with Gasteiger partial charge in [-0.05, 0) is 37.1 Å². The normalized spacial score (nSPS) is 10.7. The van der Waals surface area contributed by atoms with Crippen LogP contribution in [0.2, 0.25) is 0 Å². The average molecular weight is 190 g/mol. The molecule has 0 aliphatic carbocycles. The van der Waals surface area contributed by atoms with Gasteiger partial charge in [0.1, 0.15) is 11.3 Å². The van der Waals surface area contributed by atoms with Crippen molar-refractivity contribution in [1.29, 1.82) is 0 Å². The third-order valence-electron chi connectivity index (χ3n) is 2.16. The van der Waals surface area contributed by atoms with E-state index in [0.717, 1.165) is 11.1 Å². The molecule has 0 unspecified atom stereocenters. The molecule has 0 saturated heterocycles. The molecule has 0 bridgehead atoms. The fourth-order valence-corrected chi connectivity index (χ4v) is 1.60. The van der Waals surface area contributed by atoms with E-state index in [2.05, 4.69) is 0 Å². The summed E-state index contributed by atoms with van der Waals surface area (Å²) in [7, 11) is 0. The zero-order chi connectivity index (χ0) is 10.3. The van der Waals surface area contributed by atoms with Crippen LogP contribution < -0.4 is 5.63 Å². The Labute approximate surface area is 80.6 Å². The zero-order valence-electron chi connectivity index (χ0n) is 8.00. The molecule has 0 aliphatic heterocycles. The molecule has 1 N–H and O–H groups in total. The van der Waals surface area contributed by atoms with E-state index in [0.29, 0.717) is 11.0 Å². The van der Waals surface area contributed by atoms with Gasteiger partial charge in [0.2, 0.25) is 0 Å². The van der Waals surface area contributed by atoms with Crippen molar-refractivity contribution in [3.63, 3.8) is 0 Å². The number of hydrogen-bond donors (Lipinski definition) is 1. The lowest BCUT2D eigenvalue weighted by atomic mass is 10.1.